The lowest BCUT2D eigenvalue weighted by molar-refractivity contribution is -0.242. The maximum absolute atomic E-state index is 9.32. The minimum absolute atomic E-state index is 0.0668. The van der Waals surface area contributed by atoms with Crippen LogP contribution < -0.4 is 5.32 Å². The molecular weight excluding hydrogens is 254 g/mol. The quantitative estimate of drug-likeness (QED) is 0.837. The smallest absolute Gasteiger partial charge is 0.185 e. The number of aliphatic hydroxyl groups is 1. The van der Waals surface area contributed by atoms with Crippen molar-refractivity contribution in [3.05, 3.63) is 35.9 Å². The highest BCUT2D eigenvalue weighted by Crippen LogP contribution is 2.29. The first-order valence-electron chi connectivity index (χ1n) is 7.38. The minimum Gasteiger partial charge on any atom is -0.396 e. The zero-order chi connectivity index (χ0) is 14.3. The Hall–Kier alpha value is -0.940. The Labute approximate surface area is 121 Å². The van der Waals surface area contributed by atoms with E-state index >= 15 is 0 Å². The van der Waals surface area contributed by atoms with Gasteiger partial charge in [0, 0.05) is 26.7 Å². The number of hydrogen-bond donors (Lipinski definition) is 2. The number of hydrogen-bond acceptors (Lipinski definition) is 4. The van der Waals surface area contributed by atoms with Crippen molar-refractivity contribution in [2.45, 2.75) is 44.1 Å². The first-order valence-corrected chi connectivity index (χ1v) is 7.38. The summed E-state index contributed by atoms with van der Waals surface area (Å²) in [5.41, 5.74) is 1.24. The van der Waals surface area contributed by atoms with Gasteiger partial charge in [-0.25, -0.2) is 0 Å². The molecule has 1 aromatic carbocycles. The van der Waals surface area contributed by atoms with Crippen LogP contribution in [0.15, 0.2) is 30.3 Å². The fourth-order valence-electron chi connectivity index (χ4n) is 2.82. The van der Waals surface area contributed by atoms with E-state index in [4.69, 9.17) is 9.47 Å². The second kappa shape index (κ2) is 7.74. The molecule has 4 nitrogen and oxygen atoms in total. The van der Waals surface area contributed by atoms with Gasteiger partial charge >= 0.3 is 0 Å². The molecule has 0 amide bonds. The van der Waals surface area contributed by atoms with Gasteiger partial charge in [0.05, 0.1) is 12.6 Å². The van der Waals surface area contributed by atoms with Crippen molar-refractivity contribution in [3.8, 4) is 0 Å². The van der Waals surface area contributed by atoms with Crippen LogP contribution in [0.5, 0.6) is 0 Å². The van der Waals surface area contributed by atoms with E-state index in [0.717, 1.165) is 25.8 Å². The van der Waals surface area contributed by atoms with Gasteiger partial charge in [-0.05, 0) is 24.8 Å². The molecule has 0 bridgehead atoms. The predicted molar refractivity (Wildman–Crippen MR) is 78.3 cm³/mol. The Bertz CT molecular complexity index is 385. The molecule has 0 radical (unpaired) electrons. The number of aliphatic hydroxyl groups excluding tert-OH is 1. The van der Waals surface area contributed by atoms with E-state index < -0.39 is 5.79 Å². The molecule has 1 saturated heterocycles. The normalized spacial score (nSPS) is 27.2. The Morgan fingerprint density at radius 3 is 2.85 bits per heavy atom. The van der Waals surface area contributed by atoms with Gasteiger partial charge in [-0.3, -0.25) is 0 Å². The summed E-state index contributed by atoms with van der Waals surface area (Å²) in [5, 5.41) is 12.9. The topological polar surface area (TPSA) is 50.7 Å². The lowest BCUT2D eigenvalue weighted by Gasteiger charge is -2.38. The van der Waals surface area contributed by atoms with Crippen LogP contribution in [0.4, 0.5) is 0 Å². The van der Waals surface area contributed by atoms with E-state index in [2.05, 4.69) is 17.4 Å². The number of benzene rings is 1. The largest absolute Gasteiger partial charge is 0.396 e. The standard InChI is InChI=1S/C16H25NO3/c1-19-16(10-11-18)15(9-5-6-12-20-16)17-13-14-7-3-2-4-8-14/h2-4,7-8,15,17-18H,5-6,9-13H2,1H3/t15-,16-/m0/s1. The summed E-state index contributed by atoms with van der Waals surface area (Å²) in [6, 6.07) is 10.4. The molecule has 1 fully saturated rings. The molecule has 1 aliphatic rings. The first kappa shape index (κ1) is 15.4. The molecule has 2 rings (SSSR count). The molecule has 112 valence electrons. The van der Waals surface area contributed by atoms with E-state index in [-0.39, 0.29) is 12.6 Å². The Morgan fingerprint density at radius 2 is 2.15 bits per heavy atom. The van der Waals surface area contributed by atoms with Gasteiger partial charge in [-0.15, -0.1) is 0 Å². The van der Waals surface area contributed by atoms with E-state index in [1.807, 2.05) is 18.2 Å². The average molecular weight is 279 g/mol. The molecule has 2 N–H and O–H groups in total. The van der Waals surface area contributed by atoms with Crippen molar-refractivity contribution < 1.29 is 14.6 Å². The SMILES string of the molecule is CO[C@@]1(CCO)OCCCC[C@@H]1NCc1ccccc1. The highest BCUT2D eigenvalue weighted by Gasteiger charge is 2.40. The molecular formula is C16H25NO3. The molecule has 2 atom stereocenters. The van der Waals surface area contributed by atoms with Crippen molar-refractivity contribution in [2.24, 2.45) is 0 Å². The second-order valence-electron chi connectivity index (χ2n) is 5.25. The van der Waals surface area contributed by atoms with Crippen molar-refractivity contribution in [3.63, 3.8) is 0 Å². The zero-order valence-electron chi connectivity index (χ0n) is 12.2. The number of rotatable bonds is 6. The molecule has 4 heteroatoms. The van der Waals surface area contributed by atoms with E-state index in [9.17, 15) is 5.11 Å². The maximum Gasteiger partial charge on any atom is 0.185 e. The van der Waals surface area contributed by atoms with Crippen LogP contribution in [0.1, 0.15) is 31.2 Å². The molecule has 0 spiro atoms. The Kier molecular flexibility index (Phi) is 5.98. The lowest BCUT2D eigenvalue weighted by atomic mass is 9.98. The highest BCUT2D eigenvalue weighted by atomic mass is 16.7. The van der Waals surface area contributed by atoms with Gasteiger partial charge in [-0.2, -0.15) is 0 Å². The van der Waals surface area contributed by atoms with Crippen LogP contribution in [0.25, 0.3) is 0 Å². The van der Waals surface area contributed by atoms with Crippen LogP contribution in [0, 0.1) is 0 Å². The average Bonchev–Trinajstić information content (AvgIpc) is 2.69. The molecule has 1 heterocycles. The minimum atomic E-state index is -0.708. The Morgan fingerprint density at radius 1 is 1.35 bits per heavy atom. The van der Waals surface area contributed by atoms with Crippen molar-refractivity contribution >= 4 is 0 Å². The third-order valence-electron chi connectivity index (χ3n) is 3.97. The van der Waals surface area contributed by atoms with Gasteiger partial charge in [-0.1, -0.05) is 30.3 Å². The lowest BCUT2D eigenvalue weighted by Crippen LogP contribution is -2.53. The van der Waals surface area contributed by atoms with Gasteiger partial charge in [0.1, 0.15) is 0 Å². The van der Waals surface area contributed by atoms with Crippen LogP contribution in [-0.2, 0) is 16.0 Å². The van der Waals surface area contributed by atoms with Gasteiger partial charge in [0.25, 0.3) is 0 Å². The monoisotopic (exact) mass is 279 g/mol. The summed E-state index contributed by atoms with van der Waals surface area (Å²) in [4.78, 5) is 0. The van der Waals surface area contributed by atoms with Crippen molar-refractivity contribution in [1.29, 1.82) is 0 Å². The maximum atomic E-state index is 9.32. The van der Waals surface area contributed by atoms with E-state index in [1.165, 1.54) is 5.56 Å². The van der Waals surface area contributed by atoms with Crippen LogP contribution in [0.3, 0.4) is 0 Å². The Balaban J connectivity index is 2.04. The van der Waals surface area contributed by atoms with Crippen LogP contribution >= 0.6 is 0 Å². The number of methoxy groups -OCH3 is 1. The molecule has 1 aromatic rings. The van der Waals surface area contributed by atoms with E-state index in [0.29, 0.717) is 13.0 Å². The second-order valence-corrected chi connectivity index (χ2v) is 5.25. The summed E-state index contributed by atoms with van der Waals surface area (Å²) in [6.45, 7) is 1.54. The van der Waals surface area contributed by atoms with Gasteiger partial charge in [0.15, 0.2) is 5.79 Å². The molecule has 0 aliphatic carbocycles. The summed E-state index contributed by atoms with van der Waals surface area (Å²) < 4.78 is 11.6. The van der Waals surface area contributed by atoms with Crippen LogP contribution in [0.2, 0.25) is 0 Å². The molecule has 0 unspecified atom stereocenters. The summed E-state index contributed by atoms with van der Waals surface area (Å²) >= 11 is 0. The number of nitrogens with one attached hydrogen (secondary N) is 1. The zero-order valence-corrected chi connectivity index (χ0v) is 12.2. The fourth-order valence-corrected chi connectivity index (χ4v) is 2.82. The summed E-state index contributed by atoms with van der Waals surface area (Å²) in [6.07, 6.45) is 3.65. The highest BCUT2D eigenvalue weighted by molar-refractivity contribution is 5.14. The summed E-state index contributed by atoms with van der Waals surface area (Å²) in [5.74, 6) is -0.708. The van der Waals surface area contributed by atoms with E-state index in [1.54, 1.807) is 7.11 Å². The molecule has 0 saturated carbocycles. The summed E-state index contributed by atoms with van der Waals surface area (Å²) in [7, 11) is 1.66. The van der Waals surface area contributed by atoms with Crippen molar-refractivity contribution in [2.75, 3.05) is 20.3 Å². The van der Waals surface area contributed by atoms with Gasteiger partial charge in [0.2, 0.25) is 0 Å². The van der Waals surface area contributed by atoms with Crippen LogP contribution in [-0.4, -0.2) is 37.3 Å². The fraction of sp³-hybridized carbons (Fsp3) is 0.625. The molecule has 1 aliphatic heterocycles. The predicted octanol–water partition coefficient (Wildman–Crippen LogP) is 2.07. The first-order chi connectivity index (χ1) is 9.80. The third-order valence-corrected chi connectivity index (χ3v) is 3.97. The molecule has 20 heavy (non-hydrogen) atoms. The third kappa shape index (κ3) is 3.79. The molecule has 0 aromatic heterocycles. The number of ether oxygens (including phenoxy) is 2. The van der Waals surface area contributed by atoms with Gasteiger partial charge < -0.3 is 19.9 Å². The van der Waals surface area contributed by atoms with Crippen molar-refractivity contribution in [1.82, 2.24) is 5.32 Å².